The Labute approximate surface area is 103 Å². The summed E-state index contributed by atoms with van der Waals surface area (Å²) < 4.78 is 5.34. The lowest BCUT2D eigenvalue weighted by atomic mass is 9.94. The maximum absolute atomic E-state index is 9.19. The molecule has 0 bridgehead atoms. The Kier molecular flexibility index (Phi) is 4.22. The first-order valence-electron chi connectivity index (χ1n) is 6.50. The molecule has 1 fully saturated rings. The number of nitriles is 1. The van der Waals surface area contributed by atoms with E-state index in [0.29, 0.717) is 6.04 Å². The maximum atomic E-state index is 9.19. The van der Waals surface area contributed by atoms with Crippen molar-refractivity contribution in [3.63, 3.8) is 0 Å². The van der Waals surface area contributed by atoms with Gasteiger partial charge in [0.25, 0.3) is 0 Å². The first-order valence-corrected chi connectivity index (χ1v) is 6.50. The Morgan fingerprint density at radius 3 is 2.82 bits per heavy atom. The smallest absolute Gasteiger partial charge is 0.101 e. The zero-order chi connectivity index (χ0) is 12.1. The van der Waals surface area contributed by atoms with Crippen molar-refractivity contribution in [2.24, 2.45) is 0 Å². The summed E-state index contributed by atoms with van der Waals surface area (Å²) in [4.78, 5) is 0. The predicted molar refractivity (Wildman–Crippen MR) is 67.2 cm³/mol. The van der Waals surface area contributed by atoms with Crippen molar-refractivity contribution in [2.45, 2.75) is 45.1 Å². The van der Waals surface area contributed by atoms with Crippen molar-refractivity contribution in [1.29, 1.82) is 5.26 Å². The van der Waals surface area contributed by atoms with Gasteiger partial charge in [-0.25, -0.2) is 0 Å². The zero-order valence-electron chi connectivity index (χ0n) is 10.5. The number of nitrogens with zero attached hydrogens (tertiary/aromatic N) is 1. The van der Waals surface area contributed by atoms with Gasteiger partial charge in [-0.1, -0.05) is 12.5 Å². The number of ether oxygens (including phenoxy) is 1. The van der Waals surface area contributed by atoms with Crippen LogP contribution in [0.4, 0.5) is 0 Å². The van der Waals surface area contributed by atoms with E-state index in [0.717, 1.165) is 56.6 Å². The summed E-state index contributed by atoms with van der Waals surface area (Å²) in [6.45, 7) is 3.82. The van der Waals surface area contributed by atoms with E-state index in [1.165, 1.54) is 5.57 Å². The van der Waals surface area contributed by atoms with E-state index in [-0.39, 0.29) is 0 Å². The quantitative estimate of drug-likeness (QED) is 0.813. The summed E-state index contributed by atoms with van der Waals surface area (Å²) in [7, 11) is 0. The van der Waals surface area contributed by atoms with Gasteiger partial charge in [0, 0.05) is 25.0 Å². The molecule has 0 amide bonds. The molecule has 3 nitrogen and oxygen atoms in total. The van der Waals surface area contributed by atoms with Gasteiger partial charge in [0.05, 0.1) is 5.57 Å². The summed E-state index contributed by atoms with van der Waals surface area (Å²) in [5.41, 5.74) is 3.36. The van der Waals surface area contributed by atoms with E-state index < -0.39 is 0 Å². The van der Waals surface area contributed by atoms with Crippen LogP contribution >= 0.6 is 0 Å². The average Bonchev–Trinajstić information content (AvgIpc) is 2.40. The number of hydrogen-bond acceptors (Lipinski definition) is 3. The molecular weight excluding hydrogens is 212 g/mol. The van der Waals surface area contributed by atoms with E-state index in [4.69, 9.17) is 4.74 Å². The molecular formula is C14H20N2O. The van der Waals surface area contributed by atoms with Crippen molar-refractivity contribution in [3.8, 4) is 6.07 Å². The second kappa shape index (κ2) is 5.88. The summed E-state index contributed by atoms with van der Waals surface area (Å²) in [6.07, 6.45) is 7.28. The monoisotopic (exact) mass is 232 g/mol. The second-order valence-corrected chi connectivity index (χ2v) is 4.69. The number of nitrogens with one attached hydrogen (secondary N) is 1. The van der Waals surface area contributed by atoms with Gasteiger partial charge in [0.1, 0.15) is 6.07 Å². The molecule has 0 saturated carbocycles. The van der Waals surface area contributed by atoms with E-state index in [9.17, 15) is 5.26 Å². The minimum Gasteiger partial charge on any atom is -0.384 e. The standard InChI is InChI=1S/C14H20N2O/c1-2-11-3-4-14(12(9-11)10-15)16-13-5-7-17-8-6-13/h9,13,16H,2-8H2,1H3. The Balaban J connectivity index is 2.05. The fourth-order valence-corrected chi connectivity index (χ4v) is 2.40. The SMILES string of the molecule is CCC1=CC(C#N)=C(NC2CCOCC2)CC1. The molecule has 0 aromatic carbocycles. The van der Waals surface area contributed by atoms with Gasteiger partial charge in [-0.05, 0) is 38.2 Å². The van der Waals surface area contributed by atoms with Crippen LogP contribution in [0, 0.1) is 11.3 Å². The minimum absolute atomic E-state index is 0.485. The Morgan fingerprint density at radius 2 is 2.18 bits per heavy atom. The minimum atomic E-state index is 0.485. The van der Waals surface area contributed by atoms with Gasteiger partial charge in [-0.15, -0.1) is 0 Å². The third-order valence-corrected chi connectivity index (χ3v) is 3.54. The molecule has 0 aromatic heterocycles. The van der Waals surface area contributed by atoms with Crippen LogP contribution in [-0.2, 0) is 4.74 Å². The topological polar surface area (TPSA) is 45.0 Å². The average molecular weight is 232 g/mol. The van der Waals surface area contributed by atoms with Crippen LogP contribution in [0.1, 0.15) is 39.0 Å². The third kappa shape index (κ3) is 3.10. The first kappa shape index (κ1) is 12.2. The number of rotatable bonds is 3. The van der Waals surface area contributed by atoms with Crippen molar-refractivity contribution < 1.29 is 4.74 Å². The van der Waals surface area contributed by atoms with Gasteiger partial charge in [0.15, 0.2) is 0 Å². The largest absolute Gasteiger partial charge is 0.384 e. The van der Waals surface area contributed by atoms with Crippen LogP contribution in [0.5, 0.6) is 0 Å². The van der Waals surface area contributed by atoms with Crippen LogP contribution in [0.25, 0.3) is 0 Å². The third-order valence-electron chi connectivity index (χ3n) is 3.54. The lowest BCUT2D eigenvalue weighted by Gasteiger charge is -2.27. The molecule has 1 aliphatic carbocycles. The van der Waals surface area contributed by atoms with E-state index in [1.54, 1.807) is 0 Å². The molecule has 0 unspecified atom stereocenters. The van der Waals surface area contributed by atoms with Crippen LogP contribution in [0.2, 0.25) is 0 Å². The predicted octanol–water partition coefficient (Wildman–Crippen LogP) is 2.66. The van der Waals surface area contributed by atoms with Gasteiger partial charge in [-0.2, -0.15) is 5.26 Å². The number of hydrogen-bond donors (Lipinski definition) is 1. The molecule has 3 heteroatoms. The lowest BCUT2D eigenvalue weighted by molar-refractivity contribution is 0.0801. The van der Waals surface area contributed by atoms with E-state index in [2.05, 4.69) is 24.4 Å². The fraction of sp³-hybridized carbons (Fsp3) is 0.643. The molecule has 1 aliphatic heterocycles. The molecule has 17 heavy (non-hydrogen) atoms. The summed E-state index contributed by atoms with van der Waals surface area (Å²) in [6, 6.07) is 2.80. The van der Waals surface area contributed by atoms with Crippen LogP contribution in [0.3, 0.4) is 0 Å². The molecule has 1 saturated heterocycles. The van der Waals surface area contributed by atoms with Crippen molar-refractivity contribution >= 4 is 0 Å². The van der Waals surface area contributed by atoms with Gasteiger partial charge < -0.3 is 10.1 Å². The van der Waals surface area contributed by atoms with Crippen molar-refractivity contribution in [1.82, 2.24) is 5.32 Å². The van der Waals surface area contributed by atoms with Crippen molar-refractivity contribution in [3.05, 3.63) is 22.9 Å². The van der Waals surface area contributed by atoms with Crippen LogP contribution in [-0.4, -0.2) is 19.3 Å². The van der Waals surface area contributed by atoms with Gasteiger partial charge in [-0.3, -0.25) is 0 Å². The highest BCUT2D eigenvalue weighted by Crippen LogP contribution is 2.25. The highest BCUT2D eigenvalue weighted by molar-refractivity contribution is 5.42. The summed E-state index contributed by atoms with van der Waals surface area (Å²) in [5.74, 6) is 0. The lowest BCUT2D eigenvalue weighted by Crippen LogP contribution is -2.35. The Hall–Kier alpha value is -1.27. The van der Waals surface area contributed by atoms with Crippen LogP contribution in [0.15, 0.2) is 22.9 Å². The van der Waals surface area contributed by atoms with Gasteiger partial charge in [0.2, 0.25) is 0 Å². The highest BCUT2D eigenvalue weighted by Gasteiger charge is 2.18. The molecule has 1 heterocycles. The number of allylic oxidation sites excluding steroid dienone is 4. The molecule has 92 valence electrons. The van der Waals surface area contributed by atoms with E-state index >= 15 is 0 Å². The molecule has 2 rings (SSSR count). The maximum Gasteiger partial charge on any atom is 0.101 e. The highest BCUT2D eigenvalue weighted by atomic mass is 16.5. The Bertz CT molecular complexity index is 370. The van der Waals surface area contributed by atoms with Crippen LogP contribution < -0.4 is 5.32 Å². The zero-order valence-corrected chi connectivity index (χ0v) is 10.5. The normalized spacial score (nSPS) is 22.0. The molecule has 0 spiro atoms. The Morgan fingerprint density at radius 1 is 1.41 bits per heavy atom. The molecule has 1 N–H and O–H groups in total. The fourth-order valence-electron chi connectivity index (χ4n) is 2.40. The summed E-state index contributed by atoms with van der Waals surface area (Å²) in [5, 5.41) is 12.7. The molecule has 0 aromatic rings. The molecule has 0 radical (unpaired) electrons. The van der Waals surface area contributed by atoms with E-state index in [1.807, 2.05) is 0 Å². The second-order valence-electron chi connectivity index (χ2n) is 4.69. The first-order chi connectivity index (χ1) is 8.33. The molecule has 0 atom stereocenters. The summed E-state index contributed by atoms with van der Waals surface area (Å²) >= 11 is 0. The van der Waals surface area contributed by atoms with Gasteiger partial charge >= 0.3 is 0 Å². The van der Waals surface area contributed by atoms with Crippen molar-refractivity contribution in [2.75, 3.05) is 13.2 Å². The molecule has 2 aliphatic rings.